The van der Waals surface area contributed by atoms with Crippen molar-refractivity contribution >= 4 is 18.3 Å². The normalized spacial score (nSPS) is 17.4. The summed E-state index contributed by atoms with van der Waals surface area (Å²) < 4.78 is 5.49. The molecule has 0 saturated carbocycles. The predicted molar refractivity (Wildman–Crippen MR) is 87.3 cm³/mol. The Morgan fingerprint density at radius 3 is 2.67 bits per heavy atom. The molecule has 118 valence electrons. The number of rotatable bonds is 6. The van der Waals surface area contributed by atoms with Gasteiger partial charge in [0.25, 0.3) is 5.91 Å². The Bertz CT molecular complexity index is 428. The third-order valence-electron chi connectivity index (χ3n) is 3.62. The van der Waals surface area contributed by atoms with E-state index in [0.717, 1.165) is 18.7 Å². The molecule has 1 aliphatic heterocycles. The maximum Gasteiger partial charge on any atom is 0.257 e. The highest BCUT2D eigenvalue weighted by atomic mass is 35.5. The molecule has 5 heteroatoms. The predicted octanol–water partition coefficient (Wildman–Crippen LogP) is 2.48. The van der Waals surface area contributed by atoms with E-state index in [1.807, 2.05) is 24.3 Å². The van der Waals surface area contributed by atoms with E-state index in [2.05, 4.69) is 24.5 Å². The highest BCUT2D eigenvalue weighted by Gasteiger charge is 2.14. The first-order chi connectivity index (χ1) is 9.65. The van der Waals surface area contributed by atoms with Crippen molar-refractivity contribution in [2.75, 3.05) is 19.7 Å². The molecule has 1 aliphatic rings. The molecule has 1 amide bonds. The van der Waals surface area contributed by atoms with E-state index < -0.39 is 0 Å². The van der Waals surface area contributed by atoms with Crippen LogP contribution in [0.3, 0.4) is 0 Å². The lowest BCUT2D eigenvalue weighted by atomic mass is 10.0. The van der Waals surface area contributed by atoms with Crippen molar-refractivity contribution in [1.82, 2.24) is 10.6 Å². The molecule has 21 heavy (non-hydrogen) atoms. The van der Waals surface area contributed by atoms with Crippen LogP contribution in [-0.2, 0) is 4.79 Å². The molecule has 0 bridgehead atoms. The zero-order valence-electron chi connectivity index (χ0n) is 12.7. The number of carbonyl (C=O) groups is 1. The Hall–Kier alpha value is -1.26. The van der Waals surface area contributed by atoms with Gasteiger partial charge in [-0.3, -0.25) is 4.79 Å². The van der Waals surface area contributed by atoms with Gasteiger partial charge in [-0.1, -0.05) is 26.0 Å². The van der Waals surface area contributed by atoms with E-state index in [4.69, 9.17) is 4.74 Å². The average molecular weight is 313 g/mol. The van der Waals surface area contributed by atoms with Gasteiger partial charge in [0.1, 0.15) is 5.75 Å². The molecule has 0 radical (unpaired) electrons. The van der Waals surface area contributed by atoms with Crippen molar-refractivity contribution in [3.8, 4) is 5.75 Å². The largest absolute Gasteiger partial charge is 0.484 e. The van der Waals surface area contributed by atoms with Gasteiger partial charge in [-0.25, -0.2) is 0 Å². The van der Waals surface area contributed by atoms with Crippen molar-refractivity contribution in [1.29, 1.82) is 0 Å². The van der Waals surface area contributed by atoms with Crippen molar-refractivity contribution in [2.45, 2.75) is 38.6 Å². The lowest BCUT2D eigenvalue weighted by Gasteiger charge is -2.12. The molecule has 2 N–H and O–H groups in total. The standard InChI is InChI=1S/C16H24N2O2.ClH/c1-12(2)13-5-7-15(8-6-13)20-11-16(19)18-10-14-4-3-9-17-14;/h5-8,12,14,17H,3-4,9-11H2,1-2H3,(H,18,19);1H. The zero-order valence-corrected chi connectivity index (χ0v) is 13.5. The maximum atomic E-state index is 11.7. The number of ether oxygens (including phenoxy) is 1. The Balaban J connectivity index is 0.00000220. The first-order valence-electron chi connectivity index (χ1n) is 7.38. The first kappa shape index (κ1) is 17.8. The van der Waals surface area contributed by atoms with Gasteiger partial charge in [0.2, 0.25) is 0 Å². The summed E-state index contributed by atoms with van der Waals surface area (Å²) in [4.78, 5) is 11.7. The Labute approximate surface area is 133 Å². The van der Waals surface area contributed by atoms with E-state index >= 15 is 0 Å². The maximum absolute atomic E-state index is 11.7. The Morgan fingerprint density at radius 2 is 2.10 bits per heavy atom. The number of hydrogen-bond acceptors (Lipinski definition) is 3. The van der Waals surface area contributed by atoms with Crippen LogP contribution in [-0.4, -0.2) is 31.6 Å². The molecule has 1 unspecified atom stereocenters. The second-order valence-corrected chi connectivity index (χ2v) is 5.61. The highest BCUT2D eigenvalue weighted by molar-refractivity contribution is 5.85. The monoisotopic (exact) mass is 312 g/mol. The van der Waals surface area contributed by atoms with Crippen molar-refractivity contribution in [3.05, 3.63) is 29.8 Å². The van der Waals surface area contributed by atoms with Crippen LogP contribution in [0.1, 0.15) is 38.2 Å². The van der Waals surface area contributed by atoms with Crippen LogP contribution in [0.2, 0.25) is 0 Å². The van der Waals surface area contributed by atoms with Gasteiger partial charge in [-0.2, -0.15) is 0 Å². The molecular weight excluding hydrogens is 288 g/mol. The van der Waals surface area contributed by atoms with Crippen LogP contribution < -0.4 is 15.4 Å². The third-order valence-corrected chi connectivity index (χ3v) is 3.62. The summed E-state index contributed by atoms with van der Waals surface area (Å²) in [6, 6.07) is 8.34. The molecule has 2 rings (SSSR count). The summed E-state index contributed by atoms with van der Waals surface area (Å²) in [6.07, 6.45) is 2.33. The summed E-state index contributed by atoms with van der Waals surface area (Å²) in [5.74, 6) is 1.18. The molecule has 1 saturated heterocycles. The Kier molecular flexibility index (Phi) is 7.54. The van der Waals surface area contributed by atoms with Gasteiger partial charge in [0.05, 0.1) is 0 Å². The highest BCUT2D eigenvalue weighted by Crippen LogP contribution is 2.18. The van der Waals surface area contributed by atoms with Gasteiger partial charge in [-0.15, -0.1) is 12.4 Å². The zero-order chi connectivity index (χ0) is 14.4. The summed E-state index contributed by atoms with van der Waals surface area (Å²) in [6.45, 7) is 6.13. The van der Waals surface area contributed by atoms with Crippen LogP contribution in [0.25, 0.3) is 0 Å². The van der Waals surface area contributed by atoms with Crippen LogP contribution in [0.5, 0.6) is 5.75 Å². The minimum absolute atomic E-state index is 0. The molecule has 4 nitrogen and oxygen atoms in total. The molecular formula is C16H25ClN2O2. The second kappa shape index (κ2) is 8.90. The number of hydrogen-bond donors (Lipinski definition) is 2. The van der Waals surface area contributed by atoms with Gasteiger partial charge >= 0.3 is 0 Å². The summed E-state index contributed by atoms with van der Waals surface area (Å²) in [5, 5.41) is 6.24. The summed E-state index contributed by atoms with van der Waals surface area (Å²) in [5.41, 5.74) is 1.27. The van der Waals surface area contributed by atoms with E-state index in [-0.39, 0.29) is 24.9 Å². The molecule has 1 aromatic rings. The molecule has 0 aromatic heterocycles. The fourth-order valence-electron chi connectivity index (χ4n) is 2.32. The van der Waals surface area contributed by atoms with Crippen LogP contribution >= 0.6 is 12.4 Å². The van der Waals surface area contributed by atoms with Crippen LogP contribution in [0.15, 0.2) is 24.3 Å². The molecule has 1 atom stereocenters. The van der Waals surface area contributed by atoms with Gasteiger partial charge in [-0.05, 0) is 43.0 Å². The molecule has 0 aliphatic carbocycles. The fourth-order valence-corrected chi connectivity index (χ4v) is 2.32. The quantitative estimate of drug-likeness (QED) is 0.848. The third kappa shape index (κ3) is 5.94. The lowest BCUT2D eigenvalue weighted by Crippen LogP contribution is -2.39. The molecule has 1 heterocycles. The minimum atomic E-state index is -0.0633. The topological polar surface area (TPSA) is 50.4 Å². The van der Waals surface area contributed by atoms with E-state index in [0.29, 0.717) is 18.5 Å². The van der Waals surface area contributed by atoms with Gasteiger partial charge in [0.15, 0.2) is 6.61 Å². The van der Waals surface area contributed by atoms with Crippen molar-refractivity contribution < 1.29 is 9.53 Å². The van der Waals surface area contributed by atoms with Gasteiger partial charge in [0, 0.05) is 12.6 Å². The van der Waals surface area contributed by atoms with E-state index in [1.54, 1.807) is 0 Å². The number of nitrogens with one attached hydrogen (secondary N) is 2. The van der Waals surface area contributed by atoms with Crippen molar-refractivity contribution in [3.63, 3.8) is 0 Å². The summed E-state index contributed by atoms with van der Waals surface area (Å²) >= 11 is 0. The number of amides is 1. The number of halogens is 1. The molecule has 0 spiro atoms. The minimum Gasteiger partial charge on any atom is -0.484 e. The SMILES string of the molecule is CC(C)c1ccc(OCC(=O)NCC2CCCN2)cc1.Cl. The van der Waals surface area contributed by atoms with Crippen LogP contribution in [0, 0.1) is 0 Å². The number of carbonyl (C=O) groups excluding carboxylic acids is 1. The smallest absolute Gasteiger partial charge is 0.257 e. The molecule has 1 aromatic carbocycles. The Morgan fingerprint density at radius 1 is 1.38 bits per heavy atom. The number of benzene rings is 1. The fraction of sp³-hybridized carbons (Fsp3) is 0.562. The second-order valence-electron chi connectivity index (χ2n) is 5.61. The van der Waals surface area contributed by atoms with Gasteiger partial charge < -0.3 is 15.4 Å². The van der Waals surface area contributed by atoms with E-state index in [1.165, 1.54) is 12.0 Å². The average Bonchev–Trinajstić information content (AvgIpc) is 2.96. The summed E-state index contributed by atoms with van der Waals surface area (Å²) in [7, 11) is 0. The molecule has 1 fully saturated rings. The van der Waals surface area contributed by atoms with Crippen molar-refractivity contribution in [2.24, 2.45) is 0 Å². The van der Waals surface area contributed by atoms with Crippen LogP contribution in [0.4, 0.5) is 0 Å². The van der Waals surface area contributed by atoms with E-state index in [9.17, 15) is 4.79 Å². The lowest BCUT2D eigenvalue weighted by molar-refractivity contribution is -0.123. The first-order valence-corrected chi connectivity index (χ1v) is 7.38.